The first kappa shape index (κ1) is 6.27. The summed E-state index contributed by atoms with van der Waals surface area (Å²) >= 11 is 0. The van der Waals surface area contributed by atoms with Crippen molar-refractivity contribution in [2.75, 3.05) is 0 Å². The van der Waals surface area contributed by atoms with Gasteiger partial charge in [-0.25, -0.2) is 0 Å². The summed E-state index contributed by atoms with van der Waals surface area (Å²) in [6.07, 6.45) is 5.48. The highest BCUT2D eigenvalue weighted by molar-refractivity contribution is 6.50. The van der Waals surface area contributed by atoms with Crippen molar-refractivity contribution in [1.29, 1.82) is 0 Å². The van der Waals surface area contributed by atoms with Gasteiger partial charge in [-0.2, -0.15) is 0 Å². The zero-order valence-electron chi connectivity index (χ0n) is 5.72. The van der Waals surface area contributed by atoms with Crippen molar-refractivity contribution in [3.63, 3.8) is 0 Å². The van der Waals surface area contributed by atoms with E-state index in [0.717, 1.165) is 5.56 Å². The van der Waals surface area contributed by atoms with E-state index < -0.39 is 0 Å². The maximum Gasteiger partial charge on any atom is 0.121 e. The standard InChI is InChI=1S/C6H8B2O/c7-6(8)3-5-1-2-9-4-5/h1-4H,7-8H2. The van der Waals surface area contributed by atoms with Gasteiger partial charge in [-0.05, 0) is 6.07 Å². The molecule has 44 valence electrons. The minimum Gasteiger partial charge on any atom is -0.472 e. The van der Waals surface area contributed by atoms with Crippen LogP contribution < -0.4 is 0 Å². The Morgan fingerprint density at radius 3 is 2.78 bits per heavy atom. The summed E-state index contributed by atoms with van der Waals surface area (Å²) in [7, 11) is 4.12. The van der Waals surface area contributed by atoms with Crippen LogP contribution >= 0.6 is 0 Å². The molecule has 9 heavy (non-hydrogen) atoms. The van der Waals surface area contributed by atoms with Crippen molar-refractivity contribution < 1.29 is 4.42 Å². The normalized spacial score (nSPS) is 8.89. The number of rotatable bonds is 1. The van der Waals surface area contributed by atoms with Crippen molar-refractivity contribution in [2.45, 2.75) is 0 Å². The quantitative estimate of drug-likeness (QED) is 0.467. The fourth-order valence-electron chi connectivity index (χ4n) is 0.690. The highest BCUT2D eigenvalue weighted by atomic mass is 16.3. The van der Waals surface area contributed by atoms with Crippen LogP contribution in [-0.4, -0.2) is 15.7 Å². The lowest BCUT2D eigenvalue weighted by molar-refractivity contribution is 0.567. The Labute approximate surface area is 56.6 Å². The van der Waals surface area contributed by atoms with Crippen LogP contribution in [0.5, 0.6) is 0 Å². The van der Waals surface area contributed by atoms with Gasteiger partial charge in [0, 0.05) is 5.56 Å². The molecule has 0 aromatic carbocycles. The molecule has 0 radical (unpaired) electrons. The Balaban J connectivity index is 2.80. The van der Waals surface area contributed by atoms with E-state index in [1.807, 2.05) is 6.07 Å². The molecule has 0 fully saturated rings. The highest BCUT2D eigenvalue weighted by Gasteiger charge is 1.85. The lowest BCUT2D eigenvalue weighted by atomic mass is 9.77. The average molecular weight is 118 g/mol. The second kappa shape index (κ2) is 2.62. The first-order valence-corrected chi connectivity index (χ1v) is 2.96. The lowest BCUT2D eigenvalue weighted by Crippen LogP contribution is -1.75. The number of hydrogen-bond donors (Lipinski definition) is 0. The van der Waals surface area contributed by atoms with Crippen molar-refractivity contribution in [3.8, 4) is 0 Å². The van der Waals surface area contributed by atoms with Crippen molar-refractivity contribution in [3.05, 3.63) is 29.5 Å². The molecule has 0 atom stereocenters. The van der Waals surface area contributed by atoms with Gasteiger partial charge in [0.2, 0.25) is 0 Å². The van der Waals surface area contributed by atoms with Crippen LogP contribution in [0.25, 0.3) is 6.08 Å². The highest BCUT2D eigenvalue weighted by Crippen LogP contribution is 2.02. The monoisotopic (exact) mass is 118 g/mol. The van der Waals surface area contributed by atoms with E-state index in [9.17, 15) is 0 Å². The SMILES string of the molecule is BC(B)=Cc1ccoc1. The first-order chi connectivity index (χ1) is 4.29. The third kappa shape index (κ3) is 1.84. The Hall–Kier alpha value is -0.850. The summed E-state index contributed by atoms with van der Waals surface area (Å²) < 4.78 is 4.87. The van der Waals surface area contributed by atoms with E-state index in [2.05, 4.69) is 21.8 Å². The van der Waals surface area contributed by atoms with Gasteiger partial charge in [0.1, 0.15) is 15.7 Å². The molecule has 1 nitrogen and oxygen atoms in total. The lowest BCUT2D eigenvalue weighted by Gasteiger charge is -1.83. The van der Waals surface area contributed by atoms with Gasteiger partial charge in [0.05, 0.1) is 12.5 Å². The maximum atomic E-state index is 4.87. The molecule has 0 aliphatic carbocycles. The van der Waals surface area contributed by atoms with E-state index in [1.165, 1.54) is 5.37 Å². The molecule has 0 bridgehead atoms. The van der Waals surface area contributed by atoms with Crippen LogP contribution in [-0.2, 0) is 0 Å². The topological polar surface area (TPSA) is 13.1 Å². The molecule has 0 saturated carbocycles. The van der Waals surface area contributed by atoms with Crippen LogP contribution in [0, 0.1) is 0 Å². The zero-order valence-corrected chi connectivity index (χ0v) is 5.72. The molecule has 1 heterocycles. The third-order valence-electron chi connectivity index (χ3n) is 0.999. The Kier molecular flexibility index (Phi) is 1.83. The number of furan rings is 1. The van der Waals surface area contributed by atoms with Crippen LogP contribution in [0.3, 0.4) is 0 Å². The van der Waals surface area contributed by atoms with E-state index >= 15 is 0 Å². The Morgan fingerprint density at radius 1 is 1.56 bits per heavy atom. The second-order valence-corrected chi connectivity index (χ2v) is 2.28. The van der Waals surface area contributed by atoms with Gasteiger partial charge in [-0.3, -0.25) is 0 Å². The van der Waals surface area contributed by atoms with E-state index in [4.69, 9.17) is 4.42 Å². The summed E-state index contributed by atoms with van der Waals surface area (Å²) in [6, 6.07) is 1.94. The molecule has 1 rings (SSSR count). The molecule has 3 heteroatoms. The van der Waals surface area contributed by atoms with Crippen LogP contribution in [0.1, 0.15) is 5.56 Å². The molecule has 1 aromatic rings. The molecule has 0 saturated heterocycles. The van der Waals surface area contributed by atoms with Gasteiger partial charge in [-0.15, -0.1) is 5.37 Å². The third-order valence-corrected chi connectivity index (χ3v) is 0.999. The van der Waals surface area contributed by atoms with Crippen LogP contribution in [0.2, 0.25) is 0 Å². The minimum atomic E-state index is 1.13. The fourth-order valence-corrected chi connectivity index (χ4v) is 0.690. The molecular formula is C6H8B2O. The molecule has 0 spiro atoms. The predicted molar refractivity (Wildman–Crippen MR) is 43.8 cm³/mol. The fraction of sp³-hybridized carbons (Fsp3) is 0. The molecule has 0 aliphatic rings. The van der Waals surface area contributed by atoms with E-state index in [1.54, 1.807) is 12.5 Å². The smallest absolute Gasteiger partial charge is 0.121 e. The average Bonchev–Trinajstić information content (AvgIpc) is 2.15. The van der Waals surface area contributed by atoms with E-state index in [0.29, 0.717) is 0 Å². The van der Waals surface area contributed by atoms with Gasteiger partial charge < -0.3 is 4.42 Å². The molecule has 1 aromatic heterocycles. The predicted octanol–water partition coefficient (Wildman–Crippen LogP) is -0.156. The summed E-state index contributed by atoms with van der Waals surface area (Å²) in [4.78, 5) is 0. The van der Waals surface area contributed by atoms with Gasteiger partial charge in [0.25, 0.3) is 0 Å². The number of hydrogen-bond acceptors (Lipinski definition) is 1. The summed E-state index contributed by atoms with van der Waals surface area (Å²) in [5.41, 5.74) is 1.13. The van der Waals surface area contributed by atoms with Crippen LogP contribution in [0.15, 0.2) is 28.4 Å². The molecule has 0 unspecified atom stereocenters. The Morgan fingerprint density at radius 2 is 2.33 bits per heavy atom. The summed E-state index contributed by atoms with van der Waals surface area (Å²) in [5, 5.41) is 1.29. The Bertz CT molecular complexity index is 197. The zero-order chi connectivity index (χ0) is 6.69. The van der Waals surface area contributed by atoms with E-state index in [-0.39, 0.29) is 0 Å². The largest absolute Gasteiger partial charge is 0.472 e. The minimum absolute atomic E-state index is 1.13. The van der Waals surface area contributed by atoms with Crippen molar-refractivity contribution in [1.82, 2.24) is 0 Å². The van der Waals surface area contributed by atoms with Crippen LogP contribution in [0.4, 0.5) is 0 Å². The second-order valence-electron chi connectivity index (χ2n) is 2.28. The van der Waals surface area contributed by atoms with Crippen molar-refractivity contribution >= 4 is 21.8 Å². The molecule has 0 amide bonds. The van der Waals surface area contributed by atoms with Gasteiger partial charge >= 0.3 is 0 Å². The molecule has 0 N–H and O–H groups in total. The molecular weight excluding hydrogens is 110 g/mol. The molecule has 0 aliphatic heterocycles. The summed E-state index contributed by atoms with van der Waals surface area (Å²) in [6.45, 7) is 0. The van der Waals surface area contributed by atoms with Gasteiger partial charge in [0.15, 0.2) is 0 Å². The van der Waals surface area contributed by atoms with Gasteiger partial charge in [-0.1, -0.05) is 6.08 Å². The first-order valence-electron chi connectivity index (χ1n) is 2.96. The maximum absolute atomic E-state index is 4.87. The summed E-state index contributed by atoms with van der Waals surface area (Å²) in [5.74, 6) is 0. The van der Waals surface area contributed by atoms with Crippen molar-refractivity contribution in [2.24, 2.45) is 0 Å².